The predicted molar refractivity (Wildman–Crippen MR) is 452 cm³/mol. The van der Waals surface area contributed by atoms with Gasteiger partial charge in [0.2, 0.25) is 0 Å². The molecule has 1 N–H and O–H groups in total. The number of halogens is 6. The van der Waals surface area contributed by atoms with Gasteiger partial charge >= 0.3 is 0 Å². The number of aryl methyl sites for hydroxylation is 1. The van der Waals surface area contributed by atoms with Crippen LogP contribution in [0.3, 0.4) is 0 Å². The Hall–Kier alpha value is -6.63. The van der Waals surface area contributed by atoms with Crippen LogP contribution in [0.1, 0.15) is 284 Å². The molecule has 0 saturated carbocycles. The number of nitrogens with zero attached hydrogens (tertiary/aromatic N) is 12. The van der Waals surface area contributed by atoms with Crippen LogP contribution in [0.2, 0.25) is 29.0 Å². The number of pyridine rings is 7. The average Bonchev–Trinajstić information content (AvgIpc) is 1.91. The number of aliphatic hydroxyl groups is 1. The van der Waals surface area contributed by atoms with Gasteiger partial charge in [-0.25, -0.2) is 19.9 Å². The summed E-state index contributed by atoms with van der Waals surface area (Å²) in [5.41, 5.74) is 10.5. The molecule has 0 bridgehead atoms. The minimum atomic E-state index is 0.0262. The van der Waals surface area contributed by atoms with Gasteiger partial charge in [-0.15, -0.1) is 22.7 Å². The van der Waals surface area contributed by atoms with Crippen molar-refractivity contribution in [1.82, 2.24) is 59.6 Å². The van der Waals surface area contributed by atoms with Gasteiger partial charge in [0.15, 0.2) is 5.15 Å². The van der Waals surface area contributed by atoms with Gasteiger partial charge in [-0.2, -0.15) is 5.10 Å². The standard InChI is InChI=1S/C9H13NO.C9H13N.2C8H10ClN.3C8H11N.C7H9ClN2.C7H9ClS.C6H9ClN2.C6H8ClNS/c1-7(2)8-3-4-9(6-11)10-5-8;1-7(2)9-5-4-8(3)10-6-9;1-6(2)8-4-3-7(9)5-10-8;1-6(2)7-3-4-8(9)10-5-7;1-7(2)8-3-5-9-6-4-8;1-7(2)8-4-3-5-9-6-8;1-7(2)8-5-3-4-6-9-8;1-5(2)7-9-3-6(8)4-10-7;1-5(2)6-3-4-7(8)9-6;1-5(2)9-4-3-6(7)8-9;1-4(2)6-8-3-5(7)9-6/h3-5,7,11H,6H2,1-2H3;4-7H,1-3H3;2*3-6H,1-2H3;3*3-7H,1-2H3;3-5H,1-2H3;2*3-5H,1-2H3;3-4H,1-2H3. The van der Waals surface area contributed by atoms with Crippen molar-refractivity contribution < 1.29 is 5.11 Å². The van der Waals surface area contributed by atoms with Crippen molar-refractivity contribution in [3.8, 4) is 0 Å². The minimum absolute atomic E-state index is 0.0262. The van der Waals surface area contributed by atoms with Crippen molar-refractivity contribution in [2.75, 3.05) is 0 Å². The van der Waals surface area contributed by atoms with Crippen LogP contribution in [0.15, 0.2) is 190 Å². The van der Waals surface area contributed by atoms with Gasteiger partial charge in [-0.3, -0.25) is 34.6 Å². The summed E-state index contributed by atoms with van der Waals surface area (Å²) in [6.07, 6.45) is 23.2. The van der Waals surface area contributed by atoms with Crippen molar-refractivity contribution in [3.63, 3.8) is 0 Å². The minimum Gasteiger partial charge on any atom is -0.390 e. The lowest BCUT2D eigenvalue weighted by Gasteiger charge is -2.03. The second kappa shape index (κ2) is 54.9. The summed E-state index contributed by atoms with van der Waals surface area (Å²) in [7, 11) is 0. The van der Waals surface area contributed by atoms with Crippen LogP contribution in [-0.2, 0) is 6.61 Å². The van der Waals surface area contributed by atoms with E-state index in [0.29, 0.717) is 85.6 Å². The van der Waals surface area contributed by atoms with Gasteiger partial charge in [0.1, 0.15) is 15.3 Å². The summed E-state index contributed by atoms with van der Waals surface area (Å²) in [6, 6.07) is 36.0. The van der Waals surface area contributed by atoms with E-state index in [1.165, 1.54) is 32.7 Å². The third-order valence-corrected chi connectivity index (χ3v) is 18.2. The quantitative estimate of drug-likeness (QED) is 0.115. The molecule has 0 aliphatic carbocycles. The molecule has 21 heteroatoms. The first-order valence-electron chi connectivity index (χ1n) is 35.5. The lowest BCUT2D eigenvalue weighted by Crippen LogP contribution is -1.99. The molecule has 0 aliphatic heterocycles. The molecule has 11 aromatic rings. The molecule has 570 valence electrons. The van der Waals surface area contributed by atoms with E-state index in [1.807, 2.05) is 154 Å². The molecule has 0 amide bonds. The molecule has 0 unspecified atom stereocenters. The fourth-order valence-electron chi connectivity index (χ4n) is 7.73. The Morgan fingerprint density at radius 3 is 1.21 bits per heavy atom. The first-order chi connectivity index (χ1) is 49.5. The topological polar surface area (TPSA) is 167 Å². The second-order valence-electron chi connectivity index (χ2n) is 27.3. The molecule has 0 atom stereocenters. The fraction of sp³-hybridized carbons (Fsp3) is 0.417. The van der Waals surface area contributed by atoms with Crippen LogP contribution < -0.4 is 0 Å². The zero-order valence-corrected chi connectivity index (χ0v) is 72.0. The normalized spacial score (nSPS) is 10.4. The van der Waals surface area contributed by atoms with Crippen molar-refractivity contribution in [2.24, 2.45) is 0 Å². The Balaban J connectivity index is 0.000000578. The summed E-state index contributed by atoms with van der Waals surface area (Å²) in [5.74, 6) is 6.20. The number of aliphatic hydroxyl groups excluding tert-OH is 1. The number of thiazole rings is 1. The summed E-state index contributed by atoms with van der Waals surface area (Å²) in [6.45, 7) is 48.8. The van der Waals surface area contributed by atoms with E-state index in [2.05, 4.69) is 218 Å². The Bertz CT molecular complexity index is 3490. The molecule has 11 aromatic heterocycles. The number of hydrogen-bond acceptors (Lipinski definition) is 14. The number of aromatic nitrogens is 12. The lowest BCUT2D eigenvalue weighted by atomic mass is 10.1. The molecular formula is C84H114Cl6N12OS2. The zero-order chi connectivity index (χ0) is 79.1. The van der Waals surface area contributed by atoms with Crippen molar-refractivity contribution in [1.29, 1.82) is 0 Å². The highest BCUT2D eigenvalue weighted by atomic mass is 35.5. The van der Waals surface area contributed by atoms with E-state index in [4.69, 9.17) is 74.7 Å². The summed E-state index contributed by atoms with van der Waals surface area (Å²) >= 11 is 37.0. The van der Waals surface area contributed by atoms with E-state index >= 15 is 0 Å². The molecule has 0 fully saturated rings. The van der Waals surface area contributed by atoms with Gasteiger partial charge in [0.05, 0.1) is 37.9 Å². The van der Waals surface area contributed by atoms with Crippen LogP contribution in [-0.4, -0.2) is 64.7 Å². The van der Waals surface area contributed by atoms with E-state index in [1.54, 1.807) is 59.7 Å². The predicted octanol–water partition coefficient (Wildman–Crippen LogP) is 27.4. The molecule has 0 saturated heterocycles. The molecule has 13 nitrogen and oxygen atoms in total. The third-order valence-electron chi connectivity index (χ3n) is 14.5. The van der Waals surface area contributed by atoms with Crippen molar-refractivity contribution in [2.45, 2.75) is 231 Å². The Labute approximate surface area is 668 Å². The number of thiophene rings is 1. The van der Waals surface area contributed by atoms with E-state index in [-0.39, 0.29) is 6.61 Å². The van der Waals surface area contributed by atoms with Gasteiger partial charge in [0, 0.05) is 114 Å². The number of hydrogen-bond donors (Lipinski definition) is 1. The van der Waals surface area contributed by atoms with Crippen LogP contribution in [0, 0.1) is 6.92 Å². The fourth-order valence-corrected chi connectivity index (χ4v) is 10.2. The maximum atomic E-state index is 8.70. The van der Waals surface area contributed by atoms with Crippen LogP contribution >= 0.6 is 92.3 Å². The van der Waals surface area contributed by atoms with Crippen LogP contribution in [0.25, 0.3) is 0 Å². The summed E-state index contributed by atoms with van der Waals surface area (Å²) in [4.78, 5) is 42.0. The highest BCUT2D eigenvalue weighted by molar-refractivity contribution is 7.16. The van der Waals surface area contributed by atoms with E-state index in [9.17, 15) is 0 Å². The summed E-state index contributed by atoms with van der Waals surface area (Å²) in [5, 5.41) is 16.2. The largest absolute Gasteiger partial charge is 0.390 e. The van der Waals surface area contributed by atoms with Crippen LogP contribution in [0.5, 0.6) is 0 Å². The van der Waals surface area contributed by atoms with Gasteiger partial charge in [0.25, 0.3) is 0 Å². The second-order valence-corrected chi connectivity index (χ2v) is 32.4. The zero-order valence-electron chi connectivity index (χ0n) is 65.9. The molecule has 0 radical (unpaired) electrons. The van der Waals surface area contributed by atoms with Crippen molar-refractivity contribution >= 4 is 92.3 Å². The smallest absolute Gasteiger partial charge is 0.151 e. The first-order valence-corrected chi connectivity index (χ1v) is 39.4. The van der Waals surface area contributed by atoms with Gasteiger partial charge in [-0.05, 0) is 175 Å². The van der Waals surface area contributed by atoms with E-state index in [0.717, 1.165) is 42.3 Å². The lowest BCUT2D eigenvalue weighted by molar-refractivity contribution is 0.277. The molecule has 105 heavy (non-hydrogen) atoms. The first kappa shape index (κ1) is 96.4. The molecule has 0 spiro atoms. The molecule has 0 aliphatic rings. The highest BCUT2D eigenvalue weighted by Crippen LogP contribution is 2.28. The Morgan fingerprint density at radius 1 is 0.352 bits per heavy atom. The Kier molecular flexibility index (Phi) is 50.4. The molecular weight excluding hydrogens is 1470 g/mol. The maximum absolute atomic E-state index is 8.70. The molecule has 11 heterocycles. The third kappa shape index (κ3) is 44.9. The summed E-state index contributed by atoms with van der Waals surface area (Å²) < 4.78 is 3.49. The monoisotopic (exact) mass is 1580 g/mol. The van der Waals surface area contributed by atoms with Gasteiger partial charge in [-0.1, -0.05) is 238 Å². The van der Waals surface area contributed by atoms with Gasteiger partial charge < -0.3 is 5.11 Å². The number of rotatable bonds is 12. The van der Waals surface area contributed by atoms with E-state index < -0.39 is 0 Å². The van der Waals surface area contributed by atoms with Crippen LogP contribution in [0.4, 0.5) is 0 Å². The Morgan fingerprint density at radius 2 is 0.895 bits per heavy atom. The van der Waals surface area contributed by atoms with Crippen molar-refractivity contribution in [3.05, 3.63) is 285 Å². The maximum Gasteiger partial charge on any atom is 0.151 e. The molecule has 0 aromatic carbocycles. The molecule has 11 rings (SSSR count). The average molecular weight is 1580 g/mol. The SMILES string of the molecule is CC(C)c1ccc(CO)nc1.CC(C)c1ccc(Cl)cn1.CC(C)c1ccc(Cl)nc1.CC(C)c1ccc(Cl)s1.CC(C)c1ccccn1.CC(C)c1cccnc1.CC(C)c1ccncc1.CC(C)c1ncc(Cl)cn1.CC(C)c1ncc(Cl)s1.CC(C)n1ccc(Cl)n1.Cc1ccc(C(C)C)cn1. The highest BCUT2D eigenvalue weighted by Gasteiger charge is 2.06.